The predicted molar refractivity (Wildman–Crippen MR) is 66.1 cm³/mol. The number of sulfonamides is 1. The van der Waals surface area contributed by atoms with Crippen LogP contribution in [0.15, 0.2) is 0 Å². The second-order valence-electron chi connectivity index (χ2n) is 4.50. The summed E-state index contributed by atoms with van der Waals surface area (Å²) in [5.74, 6) is 0.0744. The highest BCUT2D eigenvalue weighted by molar-refractivity contribution is 7.88. The summed E-state index contributed by atoms with van der Waals surface area (Å²) >= 11 is 0. The Kier molecular flexibility index (Phi) is 4.91. The number of carbonyl (C=O) groups excluding carboxylic acids is 1. The van der Waals surface area contributed by atoms with Gasteiger partial charge in [-0.3, -0.25) is 4.79 Å². The van der Waals surface area contributed by atoms with Crippen LogP contribution in [0, 0.1) is 0 Å². The van der Waals surface area contributed by atoms with Gasteiger partial charge in [-0.25, -0.2) is 13.1 Å². The SMILES string of the molecule is CNC(C)C(=O)N1CCC(NS(C)(=O)=O)CC1. The van der Waals surface area contributed by atoms with Crippen LogP contribution in [0.4, 0.5) is 0 Å². The average Bonchev–Trinajstić information content (AvgIpc) is 2.26. The van der Waals surface area contributed by atoms with Crippen molar-refractivity contribution in [2.75, 3.05) is 26.4 Å². The first-order valence-electron chi connectivity index (χ1n) is 5.77. The van der Waals surface area contributed by atoms with Crippen molar-refractivity contribution in [1.82, 2.24) is 14.9 Å². The number of amides is 1. The lowest BCUT2D eigenvalue weighted by atomic mass is 10.1. The van der Waals surface area contributed by atoms with Gasteiger partial charge in [-0.2, -0.15) is 0 Å². The molecule has 0 aromatic rings. The molecule has 0 saturated carbocycles. The fraction of sp³-hybridized carbons (Fsp3) is 0.900. The first kappa shape index (κ1) is 14.4. The molecule has 1 saturated heterocycles. The molecule has 1 aliphatic rings. The van der Waals surface area contributed by atoms with Crippen molar-refractivity contribution in [2.45, 2.75) is 31.8 Å². The first-order valence-corrected chi connectivity index (χ1v) is 7.66. The molecule has 17 heavy (non-hydrogen) atoms. The quantitative estimate of drug-likeness (QED) is 0.691. The maximum absolute atomic E-state index is 11.8. The Morgan fingerprint density at radius 1 is 1.35 bits per heavy atom. The Hall–Kier alpha value is -0.660. The highest BCUT2D eigenvalue weighted by atomic mass is 32.2. The minimum absolute atomic E-state index is 0.0426. The van der Waals surface area contributed by atoms with Crippen LogP contribution < -0.4 is 10.0 Å². The zero-order chi connectivity index (χ0) is 13.1. The standard InChI is InChI=1S/C10H21N3O3S/c1-8(11-2)10(14)13-6-4-9(5-7-13)12-17(3,15)16/h8-9,11-12H,4-7H2,1-3H3. The van der Waals surface area contributed by atoms with E-state index in [2.05, 4.69) is 10.0 Å². The average molecular weight is 263 g/mol. The molecular weight excluding hydrogens is 242 g/mol. The zero-order valence-corrected chi connectivity index (χ0v) is 11.4. The van der Waals surface area contributed by atoms with E-state index in [1.165, 1.54) is 0 Å². The van der Waals surface area contributed by atoms with Crippen LogP contribution in [0.1, 0.15) is 19.8 Å². The number of nitrogens with zero attached hydrogens (tertiary/aromatic N) is 1. The van der Waals surface area contributed by atoms with Gasteiger partial charge >= 0.3 is 0 Å². The molecule has 1 heterocycles. The lowest BCUT2D eigenvalue weighted by Gasteiger charge is -2.33. The van der Waals surface area contributed by atoms with Crippen molar-refractivity contribution in [3.05, 3.63) is 0 Å². The molecule has 1 unspecified atom stereocenters. The Morgan fingerprint density at radius 2 is 1.88 bits per heavy atom. The van der Waals surface area contributed by atoms with Gasteiger partial charge in [-0.1, -0.05) is 0 Å². The summed E-state index contributed by atoms with van der Waals surface area (Å²) in [4.78, 5) is 13.6. The van der Waals surface area contributed by atoms with Gasteiger partial charge in [0.05, 0.1) is 12.3 Å². The number of carbonyl (C=O) groups is 1. The molecule has 0 bridgehead atoms. The first-order chi connectivity index (χ1) is 7.83. The normalized spacial score (nSPS) is 20.3. The van der Waals surface area contributed by atoms with Crippen LogP contribution in [0.3, 0.4) is 0 Å². The molecule has 1 amide bonds. The van der Waals surface area contributed by atoms with Crippen LogP contribution in [-0.2, 0) is 14.8 Å². The highest BCUT2D eigenvalue weighted by Gasteiger charge is 2.26. The topological polar surface area (TPSA) is 78.5 Å². The molecule has 0 aromatic carbocycles. The lowest BCUT2D eigenvalue weighted by molar-refractivity contribution is -0.133. The summed E-state index contributed by atoms with van der Waals surface area (Å²) in [5, 5.41) is 2.91. The van der Waals surface area contributed by atoms with Crippen LogP contribution >= 0.6 is 0 Å². The summed E-state index contributed by atoms with van der Waals surface area (Å²) in [6.45, 7) is 3.04. The van der Waals surface area contributed by atoms with E-state index in [4.69, 9.17) is 0 Å². The Morgan fingerprint density at radius 3 is 2.29 bits per heavy atom. The van der Waals surface area contributed by atoms with E-state index in [9.17, 15) is 13.2 Å². The summed E-state index contributed by atoms with van der Waals surface area (Å²) in [6, 6.07) is -0.228. The third kappa shape index (κ3) is 4.61. The van der Waals surface area contributed by atoms with Gasteiger partial charge in [0.2, 0.25) is 15.9 Å². The molecule has 0 aliphatic carbocycles. The number of likely N-dealkylation sites (N-methyl/N-ethyl adjacent to an activating group) is 1. The third-order valence-electron chi connectivity index (χ3n) is 2.99. The van der Waals surface area contributed by atoms with Gasteiger partial charge in [0.25, 0.3) is 0 Å². The van der Waals surface area contributed by atoms with Crippen LogP contribution in [0.25, 0.3) is 0 Å². The number of hydrogen-bond donors (Lipinski definition) is 2. The van der Waals surface area contributed by atoms with Crippen molar-refractivity contribution in [3.63, 3.8) is 0 Å². The Labute approximate surface area is 103 Å². The summed E-state index contributed by atoms with van der Waals surface area (Å²) < 4.78 is 24.7. The molecular formula is C10H21N3O3S. The molecule has 1 atom stereocenters. The number of piperidine rings is 1. The van der Waals surface area contributed by atoms with Crippen molar-refractivity contribution >= 4 is 15.9 Å². The van der Waals surface area contributed by atoms with E-state index >= 15 is 0 Å². The zero-order valence-electron chi connectivity index (χ0n) is 10.6. The largest absolute Gasteiger partial charge is 0.341 e. The maximum atomic E-state index is 11.8. The van der Waals surface area contributed by atoms with Gasteiger partial charge in [-0.15, -0.1) is 0 Å². The fourth-order valence-electron chi connectivity index (χ4n) is 1.92. The van der Waals surface area contributed by atoms with Crippen LogP contribution in [0.2, 0.25) is 0 Å². The number of likely N-dealkylation sites (tertiary alicyclic amines) is 1. The van der Waals surface area contributed by atoms with E-state index < -0.39 is 10.0 Å². The monoisotopic (exact) mass is 263 g/mol. The molecule has 1 fully saturated rings. The number of rotatable bonds is 4. The molecule has 0 radical (unpaired) electrons. The summed E-state index contributed by atoms with van der Waals surface area (Å²) in [5.41, 5.74) is 0. The van der Waals surface area contributed by atoms with Gasteiger partial charge in [0, 0.05) is 19.1 Å². The van der Waals surface area contributed by atoms with Crippen molar-refractivity contribution < 1.29 is 13.2 Å². The molecule has 0 aromatic heterocycles. The van der Waals surface area contributed by atoms with Crippen molar-refractivity contribution in [3.8, 4) is 0 Å². The fourth-order valence-corrected chi connectivity index (χ4v) is 2.76. The van der Waals surface area contributed by atoms with Gasteiger partial charge in [0.15, 0.2) is 0 Å². The van der Waals surface area contributed by atoms with E-state index in [1.807, 2.05) is 6.92 Å². The Balaban J connectivity index is 2.43. The van der Waals surface area contributed by atoms with Crippen LogP contribution in [-0.4, -0.2) is 57.7 Å². The van der Waals surface area contributed by atoms with E-state index in [-0.39, 0.29) is 18.0 Å². The smallest absolute Gasteiger partial charge is 0.239 e. The van der Waals surface area contributed by atoms with E-state index in [0.717, 1.165) is 6.26 Å². The number of hydrogen-bond acceptors (Lipinski definition) is 4. The molecule has 7 heteroatoms. The molecule has 0 spiro atoms. The molecule has 100 valence electrons. The third-order valence-corrected chi connectivity index (χ3v) is 3.75. The summed E-state index contributed by atoms with van der Waals surface area (Å²) in [7, 11) is -1.40. The molecule has 1 rings (SSSR count). The second-order valence-corrected chi connectivity index (χ2v) is 6.28. The second kappa shape index (κ2) is 5.79. The van der Waals surface area contributed by atoms with Gasteiger partial charge in [0.1, 0.15) is 0 Å². The van der Waals surface area contributed by atoms with Gasteiger partial charge in [-0.05, 0) is 26.8 Å². The van der Waals surface area contributed by atoms with E-state index in [0.29, 0.717) is 25.9 Å². The molecule has 1 aliphatic heterocycles. The van der Waals surface area contributed by atoms with Crippen molar-refractivity contribution in [2.24, 2.45) is 0 Å². The predicted octanol–water partition coefficient (Wildman–Crippen LogP) is -0.865. The molecule has 2 N–H and O–H groups in total. The van der Waals surface area contributed by atoms with Crippen molar-refractivity contribution in [1.29, 1.82) is 0 Å². The summed E-state index contributed by atoms with van der Waals surface area (Å²) in [6.07, 6.45) is 2.51. The molecule has 6 nitrogen and oxygen atoms in total. The maximum Gasteiger partial charge on any atom is 0.239 e. The van der Waals surface area contributed by atoms with E-state index in [1.54, 1.807) is 11.9 Å². The highest BCUT2D eigenvalue weighted by Crippen LogP contribution is 2.12. The number of nitrogens with one attached hydrogen (secondary N) is 2. The lowest BCUT2D eigenvalue weighted by Crippen LogP contribution is -2.50. The van der Waals surface area contributed by atoms with Gasteiger partial charge < -0.3 is 10.2 Å². The minimum Gasteiger partial charge on any atom is -0.341 e. The van der Waals surface area contributed by atoms with Crippen LogP contribution in [0.5, 0.6) is 0 Å². The Bertz CT molecular complexity index is 361. The minimum atomic E-state index is -3.15.